The summed E-state index contributed by atoms with van der Waals surface area (Å²) in [5.74, 6) is -0.453. The lowest BCUT2D eigenvalue weighted by molar-refractivity contribution is 0.586. The molecule has 84 valence electrons. The summed E-state index contributed by atoms with van der Waals surface area (Å²) in [5, 5.41) is 3.83. The molecule has 0 aliphatic heterocycles. The smallest absolute Gasteiger partial charge is 0.250 e. The Bertz CT molecular complexity index is 604. The summed E-state index contributed by atoms with van der Waals surface area (Å²) in [7, 11) is -3.39. The summed E-state index contributed by atoms with van der Waals surface area (Å²) in [6.07, 6.45) is 3.41. The summed E-state index contributed by atoms with van der Waals surface area (Å²) < 4.78 is 35.8. The van der Waals surface area contributed by atoms with Crippen molar-refractivity contribution in [1.29, 1.82) is 0 Å². The number of hydrogen-bond donors (Lipinski definition) is 0. The van der Waals surface area contributed by atoms with Crippen LogP contribution in [0.3, 0.4) is 0 Å². The molecule has 2 aromatic heterocycles. The van der Waals surface area contributed by atoms with Gasteiger partial charge in [0.2, 0.25) is 0 Å². The predicted octanol–water partition coefficient (Wildman–Crippen LogP) is 0.892. The Morgan fingerprint density at radius 1 is 1.25 bits per heavy atom. The molecular weight excluding hydrogens is 233 g/mol. The monoisotopic (exact) mass is 241 g/mol. The molecule has 2 aromatic rings. The molecule has 0 saturated heterocycles. The van der Waals surface area contributed by atoms with Crippen molar-refractivity contribution >= 4 is 10.0 Å². The third kappa shape index (κ3) is 2.08. The Morgan fingerprint density at radius 3 is 2.50 bits per heavy atom. The van der Waals surface area contributed by atoms with Gasteiger partial charge in [0.15, 0.2) is 0 Å². The first-order chi connectivity index (χ1) is 7.47. The average molecular weight is 241 g/mol. The van der Waals surface area contributed by atoms with Gasteiger partial charge in [-0.3, -0.25) is 4.98 Å². The second-order valence-corrected chi connectivity index (χ2v) is 5.04. The van der Waals surface area contributed by atoms with Crippen molar-refractivity contribution in [2.24, 2.45) is 0 Å². The normalized spacial score (nSPS) is 11.6. The third-order valence-electron chi connectivity index (χ3n) is 1.90. The molecular formula is C9H8FN3O2S. The van der Waals surface area contributed by atoms with Gasteiger partial charge < -0.3 is 0 Å². The van der Waals surface area contributed by atoms with Crippen LogP contribution in [0.4, 0.5) is 4.39 Å². The molecule has 0 saturated carbocycles. The zero-order valence-electron chi connectivity index (χ0n) is 8.33. The van der Waals surface area contributed by atoms with E-state index in [0.717, 1.165) is 16.5 Å². The van der Waals surface area contributed by atoms with E-state index >= 15 is 0 Å². The van der Waals surface area contributed by atoms with Crippen molar-refractivity contribution in [3.05, 3.63) is 36.4 Å². The van der Waals surface area contributed by atoms with Gasteiger partial charge >= 0.3 is 0 Å². The number of aromatic nitrogens is 3. The molecule has 16 heavy (non-hydrogen) atoms. The Hall–Kier alpha value is -1.76. The van der Waals surface area contributed by atoms with Crippen molar-refractivity contribution in [2.45, 2.75) is 0 Å². The molecule has 0 bridgehead atoms. The van der Waals surface area contributed by atoms with Gasteiger partial charge in [0.1, 0.15) is 11.5 Å². The van der Waals surface area contributed by atoms with Crippen LogP contribution in [0.1, 0.15) is 0 Å². The lowest BCUT2D eigenvalue weighted by Crippen LogP contribution is -2.10. The van der Waals surface area contributed by atoms with Crippen LogP contribution in [0.5, 0.6) is 0 Å². The molecule has 2 heterocycles. The zero-order chi connectivity index (χ0) is 11.8. The largest absolute Gasteiger partial charge is 0.251 e. The van der Waals surface area contributed by atoms with Crippen molar-refractivity contribution in [1.82, 2.24) is 14.2 Å². The molecule has 5 nitrogen and oxygen atoms in total. The maximum absolute atomic E-state index is 12.6. The molecule has 0 aliphatic rings. The maximum Gasteiger partial charge on any atom is 0.250 e. The molecule has 0 aliphatic carbocycles. The second-order valence-electron chi connectivity index (χ2n) is 3.20. The van der Waals surface area contributed by atoms with Gasteiger partial charge in [0, 0.05) is 6.20 Å². The zero-order valence-corrected chi connectivity index (χ0v) is 9.15. The number of halogens is 1. The summed E-state index contributed by atoms with van der Waals surface area (Å²) >= 11 is 0. The fourth-order valence-electron chi connectivity index (χ4n) is 1.16. The van der Waals surface area contributed by atoms with Crippen LogP contribution in [-0.2, 0) is 10.0 Å². The Balaban J connectivity index is 2.43. The minimum absolute atomic E-state index is 0.380. The van der Waals surface area contributed by atoms with E-state index in [2.05, 4.69) is 10.1 Å². The SMILES string of the molecule is CS(=O)(=O)n1ccc(-c2ccc(F)cn2)n1. The maximum atomic E-state index is 12.6. The molecule has 2 rings (SSSR count). The van der Waals surface area contributed by atoms with Crippen LogP contribution in [0.25, 0.3) is 11.4 Å². The molecule has 7 heteroatoms. The summed E-state index contributed by atoms with van der Waals surface area (Å²) in [6, 6.07) is 4.17. The van der Waals surface area contributed by atoms with E-state index in [0.29, 0.717) is 11.4 Å². The highest BCUT2D eigenvalue weighted by atomic mass is 32.2. The third-order valence-corrected chi connectivity index (χ3v) is 2.78. The first kappa shape index (κ1) is 10.7. The Morgan fingerprint density at radius 2 is 2.00 bits per heavy atom. The number of rotatable bonds is 2. The lowest BCUT2D eigenvalue weighted by Gasteiger charge is -1.96. The van der Waals surface area contributed by atoms with Gasteiger partial charge in [-0.15, -0.1) is 0 Å². The van der Waals surface area contributed by atoms with Crippen molar-refractivity contribution in [3.8, 4) is 11.4 Å². The van der Waals surface area contributed by atoms with Crippen LogP contribution >= 0.6 is 0 Å². The van der Waals surface area contributed by atoms with E-state index in [4.69, 9.17) is 0 Å². The van der Waals surface area contributed by atoms with Crippen molar-refractivity contribution in [2.75, 3.05) is 6.26 Å². The van der Waals surface area contributed by atoms with Gasteiger partial charge in [-0.25, -0.2) is 12.8 Å². The predicted molar refractivity (Wildman–Crippen MR) is 55.7 cm³/mol. The topological polar surface area (TPSA) is 64.8 Å². The highest BCUT2D eigenvalue weighted by Crippen LogP contribution is 2.14. The number of hydrogen-bond acceptors (Lipinski definition) is 4. The average Bonchev–Trinajstić information content (AvgIpc) is 2.67. The molecule has 0 atom stereocenters. The second kappa shape index (κ2) is 3.67. The van der Waals surface area contributed by atoms with Crippen LogP contribution < -0.4 is 0 Å². The van der Waals surface area contributed by atoms with E-state index in [9.17, 15) is 12.8 Å². The first-order valence-corrected chi connectivity index (χ1v) is 6.20. The molecule has 0 N–H and O–H groups in total. The van der Waals surface area contributed by atoms with Crippen molar-refractivity contribution in [3.63, 3.8) is 0 Å². The van der Waals surface area contributed by atoms with E-state index in [1.165, 1.54) is 24.4 Å². The lowest BCUT2D eigenvalue weighted by atomic mass is 10.3. The van der Waals surface area contributed by atoms with E-state index < -0.39 is 15.8 Å². The number of nitrogens with zero attached hydrogens (tertiary/aromatic N) is 3. The van der Waals surface area contributed by atoms with E-state index in [-0.39, 0.29) is 0 Å². The minimum atomic E-state index is -3.39. The van der Waals surface area contributed by atoms with Gasteiger partial charge in [0.25, 0.3) is 10.0 Å². The highest BCUT2D eigenvalue weighted by Gasteiger charge is 2.09. The van der Waals surface area contributed by atoms with Crippen LogP contribution in [0.2, 0.25) is 0 Å². The van der Waals surface area contributed by atoms with Crippen LogP contribution in [0.15, 0.2) is 30.6 Å². The molecule has 0 fully saturated rings. The molecule has 0 spiro atoms. The van der Waals surface area contributed by atoms with Gasteiger partial charge in [-0.05, 0) is 18.2 Å². The van der Waals surface area contributed by atoms with Gasteiger partial charge in [0.05, 0.1) is 18.1 Å². The molecule has 0 amide bonds. The fraction of sp³-hybridized carbons (Fsp3) is 0.111. The van der Waals surface area contributed by atoms with Gasteiger partial charge in [-0.2, -0.15) is 9.19 Å². The highest BCUT2D eigenvalue weighted by molar-refractivity contribution is 7.89. The summed E-state index contributed by atoms with van der Waals surface area (Å²) in [6.45, 7) is 0. The van der Waals surface area contributed by atoms with E-state index in [1.54, 1.807) is 0 Å². The van der Waals surface area contributed by atoms with Crippen LogP contribution in [0, 0.1) is 5.82 Å². The summed E-state index contributed by atoms with van der Waals surface area (Å²) in [4.78, 5) is 3.80. The number of pyridine rings is 1. The summed E-state index contributed by atoms with van der Waals surface area (Å²) in [5.41, 5.74) is 0.800. The molecule has 0 aromatic carbocycles. The van der Waals surface area contributed by atoms with Crippen LogP contribution in [-0.4, -0.2) is 28.8 Å². The minimum Gasteiger partial charge on any atom is -0.251 e. The standard InChI is InChI=1S/C9H8FN3O2S/c1-16(14,15)13-5-4-9(12-13)8-3-2-7(10)6-11-8/h2-6H,1H3. The molecule has 0 unspecified atom stereocenters. The Kier molecular flexibility index (Phi) is 2.47. The first-order valence-electron chi connectivity index (χ1n) is 4.35. The van der Waals surface area contributed by atoms with Crippen molar-refractivity contribution < 1.29 is 12.8 Å². The fourth-order valence-corrected chi connectivity index (χ4v) is 1.67. The Labute approximate surface area is 91.6 Å². The van der Waals surface area contributed by atoms with Gasteiger partial charge in [-0.1, -0.05) is 0 Å². The molecule has 0 radical (unpaired) electrons. The quantitative estimate of drug-likeness (QED) is 0.783. The van der Waals surface area contributed by atoms with E-state index in [1.807, 2.05) is 0 Å².